The van der Waals surface area contributed by atoms with Gasteiger partial charge in [0.15, 0.2) is 0 Å². The lowest BCUT2D eigenvalue weighted by molar-refractivity contribution is -0.137. The highest BCUT2D eigenvalue weighted by Gasteiger charge is 2.35. The van der Waals surface area contributed by atoms with Crippen LogP contribution in [0.25, 0.3) is 0 Å². The molecule has 0 spiro atoms. The molecule has 0 N–H and O–H groups in total. The first kappa shape index (κ1) is 20.8. The quantitative estimate of drug-likeness (QED) is 0.823. The van der Waals surface area contributed by atoms with Gasteiger partial charge in [0.05, 0.1) is 17.2 Å². The normalized spacial score (nSPS) is 13.1. The maximum Gasteiger partial charge on any atom is 0.417 e. The molecule has 0 radical (unpaired) electrons. The second-order valence-electron chi connectivity index (χ2n) is 7.44. The van der Waals surface area contributed by atoms with E-state index >= 15 is 0 Å². The Bertz CT molecular complexity index is 670. The molecule has 138 valence electrons. The molecule has 0 bridgehead atoms. The van der Waals surface area contributed by atoms with Crippen LogP contribution in [0, 0.1) is 16.7 Å². The molecule has 25 heavy (non-hydrogen) atoms. The highest BCUT2D eigenvalue weighted by atomic mass is 19.4. The van der Waals surface area contributed by atoms with Gasteiger partial charge in [-0.25, -0.2) is 0 Å². The number of anilines is 1. The fraction of sp³-hybridized carbons (Fsp3) is 0.556. The molecule has 1 unspecified atom stereocenters. The third-order valence-electron chi connectivity index (χ3n) is 3.67. The van der Waals surface area contributed by atoms with E-state index in [1.54, 1.807) is 32.0 Å². The summed E-state index contributed by atoms with van der Waals surface area (Å²) in [4.78, 5) is 15.4. The van der Waals surface area contributed by atoms with Gasteiger partial charge in [-0.1, -0.05) is 20.8 Å². The zero-order valence-corrected chi connectivity index (χ0v) is 15.4. The summed E-state index contributed by atoms with van der Waals surface area (Å²) in [5.74, 6) is -0.206. The number of carbonyl (C=O) groups is 1. The van der Waals surface area contributed by atoms with Crippen molar-refractivity contribution >= 4 is 11.6 Å². The summed E-state index contributed by atoms with van der Waals surface area (Å²) < 4.78 is 39.8. The van der Waals surface area contributed by atoms with Crippen LogP contribution in [0.15, 0.2) is 18.2 Å². The average molecular weight is 355 g/mol. The lowest BCUT2D eigenvalue weighted by Crippen LogP contribution is -2.48. The Balaban J connectivity index is 3.45. The van der Waals surface area contributed by atoms with Crippen LogP contribution in [-0.4, -0.2) is 37.5 Å². The number of hydrogen-bond acceptors (Lipinski definition) is 3. The van der Waals surface area contributed by atoms with E-state index in [9.17, 15) is 18.0 Å². The van der Waals surface area contributed by atoms with Crippen LogP contribution in [0.4, 0.5) is 18.9 Å². The topological polar surface area (TPSA) is 47.3 Å². The minimum absolute atomic E-state index is 0.206. The van der Waals surface area contributed by atoms with Crippen molar-refractivity contribution in [1.82, 2.24) is 4.90 Å². The van der Waals surface area contributed by atoms with Crippen molar-refractivity contribution in [2.75, 3.05) is 25.5 Å². The molecule has 1 amide bonds. The molecule has 1 aromatic rings. The smallest absolute Gasteiger partial charge is 0.359 e. The zero-order chi connectivity index (χ0) is 19.6. The summed E-state index contributed by atoms with van der Waals surface area (Å²) in [6.45, 7) is 7.89. The molecule has 1 rings (SSSR count). The number of nitriles is 1. The number of carbonyl (C=O) groups excluding carboxylic acids is 1. The summed E-state index contributed by atoms with van der Waals surface area (Å²) in [6.07, 6.45) is -4.64. The maximum atomic E-state index is 13.3. The summed E-state index contributed by atoms with van der Waals surface area (Å²) in [7, 11) is 3.21. The molecule has 1 atom stereocenters. The van der Waals surface area contributed by atoms with Crippen LogP contribution in [0.5, 0.6) is 0 Å². The number of amides is 1. The fourth-order valence-electron chi connectivity index (χ4n) is 2.51. The lowest BCUT2D eigenvalue weighted by atomic mass is 9.94. The number of alkyl halides is 3. The third-order valence-corrected chi connectivity index (χ3v) is 3.67. The number of benzene rings is 1. The molecule has 7 heteroatoms. The minimum Gasteiger partial charge on any atom is -0.359 e. The molecule has 0 heterocycles. The first-order valence-electron chi connectivity index (χ1n) is 7.87. The molecule has 0 aliphatic carbocycles. The molecule has 0 aliphatic rings. The molecular weight excluding hydrogens is 331 g/mol. The SMILES string of the molecule is CC(C(=O)N(C)C)N(CC(C)(C)C)c1ccc(C#N)c(C(F)(F)F)c1. The second-order valence-corrected chi connectivity index (χ2v) is 7.44. The first-order valence-corrected chi connectivity index (χ1v) is 7.87. The molecule has 0 fully saturated rings. The highest BCUT2D eigenvalue weighted by molar-refractivity contribution is 5.84. The molecule has 0 saturated carbocycles. The summed E-state index contributed by atoms with van der Waals surface area (Å²) in [5, 5.41) is 8.94. The van der Waals surface area contributed by atoms with E-state index in [2.05, 4.69) is 0 Å². The molecule has 0 aromatic heterocycles. The molecule has 4 nitrogen and oxygen atoms in total. The Hall–Kier alpha value is -2.23. The summed E-state index contributed by atoms with van der Waals surface area (Å²) >= 11 is 0. The van der Waals surface area contributed by atoms with Crippen LogP contribution < -0.4 is 4.90 Å². The van der Waals surface area contributed by atoms with Crippen LogP contribution in [-0.2, 0) is 11.0 Å². The Morgan fingerprint density at radius 3 is 2.20 bits per heavy atom. The van der Waals surface area contributed by atoms with Gasteiger partial charge in [0.25, 0.3) is 0 Å². The number of rotatable bonds is 4. The Morgan fingerprint density at radius 2 is 1.80 bits per heavy atom. The number of likely N-dealkylation sites (N-methyl/N-ethyl adjacent to an activating group) is 1. The first-order chi connectivity index (χ1) is 11.3. The van der Waals surface area contributed by atoms with Crippen molar-refractivity contribution in [1.29, 1.82) is 5.26 Å². The van der Waals surface area contributed by atoms with Gasteiger partial charge < -0.3 is 9.80 Å². The Kier molecular flexibility index (Phi) is 6.11. The maximum absolute atomic E-state index is 13.3. The largest absolute Gasteiger partial charge is 0.417 e. The predicted octanol–water partition coefficient (Wildman–Crippen LogP) is 3.91. The monoisotopic (exact) mass is 355 g/mol. The lowest BCUT2D eigenvalue weighted by Gasteiger charge is -2.37. The van der Waals surface area contributed by atoms with Crippen molar-refractivity contribution in [2.24, 2.45) is 5.41 Å². The van der Waals surface area contributed by atoms with Gasteiger partial charge in [-0.2, -0.15) is 18.4 Å². The van der Waals surface area contributed by atoms with E-state index in [-0.39, 0.29) is 17.0 Å². The van der Waals surface area contributed by atoms with Crippen molar-refractivity contribution in [3.63, 3.8) is 0 Å². The van der Waals surface area contributed by atoms with E-state index in [0.29, 0.717) is 6.54 Å². The molecule has 0 aliphatic heterocycles. The Morgan fingerprint density at radius 1 is 1.24 bits per heavy atom. The van der Waals surface area contributed by atoms with E-state index in [4.69, 9.17) is 5.26 Å². The highest BCUT2D eigenvalue weighted by Crippen LogP contribution is 2.35. The van der Waals surface area contributed by atoms with Crippen LogP contribution in [0.2, 0.25) is 0 Å². The van der Waals surface area contributed by atoms with Crippen molar-refractivity contribution in [3.8, 4) is 6.07 Å². The van der Waals surface area contributed by atoms with Gasteiger partial charge in [-0.3, -0.25) is 4.79 Å². The summed E-state index contributed by atoms with van der Waals surface area (Å²) in [6, 6.07) is 4.50. The molecule has 1 aromatic carbocycles. The Labute approximate surface area is 146 Å². The van der Waals surface area contributed by atoms with Gasteiger partial charge >= 0.3 is 6.18 Å². The second kappa shape index (κ2) is 7.34. The zero-order valence-electron chi connectivity index (χ0n) is 15.4. The van der Waals surface area contributed by atoms with E-state index in [1.165, 1.54) is 11.0 Å². The minimum atomic E-state index is -4.64. The third kappa shape index (κ3) is 5.38. The number of halogens is 3. The molecular formula is C18H24F3N3O. The van der Waals surface area contributed by atoms with Crippen molar-refractivity contribution in [3.05, 3.63) is 29.3 Å². The number of nitrogens with zero attached hydrogens (tertiary/aromatic N) is 3. The average Bonchev–Trinajstić information content (AvgIpc) is 2.48. The standard InChI is InChI=1S/C18H24F3N3O/c1-12(16(25)23(5)6)24(11-17(2,3)4)14-8-7-13(10-22)15(9-14)18(19,20)21/h7-9,12H,11H2,1-6H3. The fourth-order valence-corrected chi connectivity index (χ4v) is 2.51. The van der Waals surface area contributed by atoms with E-state index in [0.717, 1.165) is 12.1 Å². The number of hydrogen-bond donors (Lipinski definition) is 0. The van der Waals surface area contributed by atoms with Crippen LogP contribution in [0.1, 0.15) is 38.8 Å². The van der Waals surface area contributed by atoms with Crippen molar-refractivity contribution in [2.45, 2.75) is 39.9 Å². The van der Waals surface area contributed by atoms with Crippen molar-refractivity contribution < 1.29 is 18.0 Å². The van der Waals surface area contributed by atoms with Crippen LogP contribution >= 0.6 is 0 Å². The van der Waals surface area contributed by atoms with Crippen LogP contribution in [0.3, 0.4) is 0 Å². The van der Waals surface area contributed by atoms with Gasteiger partial charge in [0, 0.05) is 26.3 Å². The predicted molar refractivity (Wildman–Crippen MR) is 91.1 cm³/mol. The van der Waals surface area contributed by atoms with Gasteiger partial charge in [0.2, 0.25) is 5.91 Å². The van der Waals surface area contributed by atoms with E-state index < -0.39 is 23.3 Å². The van der Waals surface area contributed by atoms with Gasteiger partial charge in [0.1, 0.15) is 6.04 Å². The van der Waals surface area contributed by atoms with E-state index in [1.807, 2.05) is 20.8 Å². The van der Waals surface area contributed by atoms with Gasteiger partial charge in [-0.15, -0.1) is 0 Å². The molecule has 0 saturated heterocycles. The summed E-state index contributed by atoms with van der Waals surface area (Å²) in [5.41, 5.74) is -1.40. The van der Waals surface area contributed by atoms with Gasteiger partial charge in [-0.05, 0) is 30.5 Å².